The normalized spacial score (nSPS) is 29.6. The van der Waals surface area contributed by atoms with Gasteiger partial charge in [-0.15, -0.1) is 0 Å². The molecule has 1 saturated carbocycles. The number of furan rings is 1. The first kappa shape index (κ1) is 14.6. The van der Waals surface area contributed by atoms with Gasteiger partial charge in [-0.25, -0.2) is 0 Å². The average molecular weight is 264 g/mol. The predicted octanol–water partition coefficient (Wildman–Crippen LogP) is 3.44. The molecule has 0 bridgehead atoms. The lowest BCUT2D eigenvalue weighted by Crippen LogP contribution is -2.55. The van der Waals surface area contributed by atoms with Crippen molar-refractivity contribution in [3.63, 3.8) is 0 Å². The third-order valence-corrected chi connectivity index (χ3v) is 4.85. The van der Waals surface area contributed by atoms with Crippen molar-refractivity contribution in [3.05, 3.63) is 24.2 Å². The number of hydrogen-bond donors (Lipinski definition) is 1. The third kappa shape index (κ3) is 2.87. The Morgan fingerprint density at radius 1 is 1.42 bits per heavy atom. The van der Waals surface area contributed by atoms with Gasteiger partial charge in [0, 0.05) is 11.1 Å². The number of likely N-dealkylation sites (N-methyl/N-ethyl adjacent to an activating group) is 2. The van der Waals surface area contributed by atoms with Crippen LogP contribution < -0.4 is 5.32 Å². The van der Waals surface area contributed by atoms with Crippen LogP contribution in [0, 0.1) is 5.92 Å². The van der Waals surface area contributed by atoms with E-state index in [1.807, 2.05) is 6.26 Å². The first-order valence-electron chi connectivity index (χ1n) is 7.53. The summed E-state index contributed by atoms with van der Waals surface area (Å²) in [6, 6.07) is 2.47. The van der Waals surface area contributed by atoms with Crippen molar-refractivity contribution in [2.45, 2.75) is 51.1 Å². The van der Waals surface area contributed by atoms with E-state index in [4.69, 9.17) is 4.42 Å². The highest BCUT2D eigenvalue weighted by Crippen LogP contribution is 2.43. The summed E-state index contributed by atoms with van der Waals surface area (Å²) in [5.74, 6) is 0.861. The maximum Gasteiger partial charge on any atom is 0.0951 e. The molecule has 1 aliphatic carbocycles. The molecule has 3 heteroatoms. The van der Waals surface area contributed by atoms with Crippen molar-refractivity contribution >= 4 is 0 Å². The molecule has 1 fully saturated rings. The summed E-state index contributed by atoms with van der Waals surface area (Å²) >= 11 is 0. The maximum absolute atomic E-state index is 5.32. The van der Waals surface area contributed by atoms with Crippen LogP contribution in [-0.2, 0) is 0 Å². The zero-order valence-electron chi connectivity index (χ0n) is 12.8. The minimum atomic E-state index is 0.215. The fraction of sp³-hybridized carbons (Fsp3) is 0.750. The molecule has 1 atom stereocenters. The van der Waals surface area contributed by atoms with Gasteiger partial charge in [0.2, 0.25) is 0 Å². The van der Waals surface area contributed by atoms with Crippen molar-refractivity contribution in [1.82, 2.24) is 10.2 Å². The SMILES string of the molecule is CCNC(c1ccoc1)C1(N(C)C)CCC(C)CC1. The molecule has 0 aliphatic heterocycles. The van der Waals surface area contributed by atoms with Gasteiger partial charge < -0.3 is 14.6 Å². The first-order valence-corrected chi connectivity index (χ1v) is 7.53. The highest BCUT2D eigenvalue weighted by molar-refractivity contribution is 5.19. The monoisotopic (exact) mass is 264 g/mol. The Morgan fingerprint density at radius 3 is 2.58 bits per heavy atom. The van der Waals surface area contributed by atoms with E-state index in [9.17, 15) is 0 Å². The zero-order chi connectivity index (χ0) is 13.9. The lowest BCUT2D eigenvalue weighted by atomic mass is 9.70. The molecule has 2 rings (SSSR count). The van der Waals surface area contributed by atoms with E-state index < -0.39 is 0 Å². The quantitative estimate of drug-likeness (QED) is 0.883. The topological polar surface area (TPSA) is 28.4 Å². The summed E-state index contributed by atoms with van der Waals surface area (Å²) < 4.78 is 5.32. The smallest absolute Gasteiger partial charge is 0.0951 e. The fourth-order valence-electron chi connectivity index (χ4n) is 3.52. The molecule has 0 amide bonds. The third-order valence-electron chi connectivity index (χ3n) is 4.85. The number of nitrogens with one attached hydrogen (secondary N) is 1. The van der Waals surface area contributed by atoms with Gasteiger partial charge >= 0.3 is 0 Å². The number of rotatable bonds is 5. The summed E-state index contributed by atoms with van der Waals surface area (Å²) in [7, 11) is 4.45. The van der Waals surface area contributed by atoms with Crippen LogP contribution in [0.3, 0.4) is 0 Å². The second-order valence-electron chi connectivity index (χ2n) is 6.23. The van der Waals surface area contributed by atoms with Gasteiger partial charge in [-0.2, -0.15) is 0 Å². The van der Waals surface area contributed by atoms with Crippen LogP contribution in [0.15, 0.2) is 23.0 Å². The minimum absolute atomic E-state index is 0.215. The van der Waals surface area contributed by atoms with E-state index in [1.54, 1.807) is 6.26 Å². The highest BCUT2D eigenvalue weighted by Gasteiger charge is 2.43. The van der Waals surface area contributed by atoms with Crippen molar-refractivity contribution < 1.29 is 4.42 Å². The Balaban J connectivity index is 2.29. The zero-order valence-corrected chi connectivity index (χ0v) is 12.8. The van der Waals surface area contributed by atoms with Crippen LogP contribution in [0.2, 0.25) is 0 Å². The molecule has 1 aliphatic rings. The lowest BCUT2D eigenvalue weighted by Gasteiger charge is -2.49. The number of hydrogen-bond acceptors (Lipinski definition) is 3. The Bertz CT molecular complexity index is 364. The molecule has 0 aromatic carbocycles. The predicted molar refractivity (Wildman–Crippen MR) is 79.2 cm³/mol. The Morgan fingerprint density at radius 2 is 2.11 bits per heavy atom. The molecule has 1 N–H and O–H groups in total. The standard InChI is InChI=1S/C16H28N2O/c1-5-17-15(14-8-11-19-12-14)16(18(3)4)9-6-13(2)7-10-16/h8,11-13,15,17H,5-7,9-10H2,1-4H3. The van der Waals surface area contributed by atoms with E-state index in [2.05, 4.69) is 44.2 Å². The average Bonchev–Trinajstić information content (AvgIpc) is 2.91. The van der Waals surface area contributed by atoms with E-state index in [1.165, 1.54) is 31.2 Å². The Labute approximate surface area is 117 Å². The Kier molecular flexibility index (Phi) is 4.69. The van der Waals surface area contributed by atoms with Crippen molar-refractivity contribution in [3.8, 4) is 0 Å². The molecule has 0 saturated heterocycles. The van der Waals surface area contributed by atoms with Crippen molar-refractivity contribution in [1.29, 1.82) is 0 Å². The number of nitrogens with zero attached hydrogens (tertiary/aromatic N) is 1. The first-order chi connectivity index (χ1) is 9.10. The molecule has 3 nitrogen and oxygen atoms in total. The molecule has 19 heavy (non-hydrogen) atoms. The minimum Gasteiger partial charge on any atom is -0.472 e. The Hall–Kier alpha value is -0.800. The second kappa shape index (κ2) is 6.10. The molecule has 1 heterocycles. The van der Waals surface area contributed by atoms with E-state index in [0.717, 1.165) is 12.5 Å². The lowest BCUT2D eigenvalue weighted by molar-refractivity contribution is 0.0432. The van der Waals surface area contributed by atoms with Crippen molar-refractivity contribution in [2.24, 2.45) is 5.92 Å². The second-order valence-corrected chi connectivity index (χ2v) is 6.23. The van der Waals surface area contributed by atoms with Crippen LogP contribution in [0.25, 0.3) is 0 Å². The molecule has 1 aromatic heterocycles. The largest absolute Gasteiger partial charge is 0.472 e. The highest BCUT2D eigenvalue weighted by atomic mass is 16.3. The summed E-state index contributed by atoms with van der Waals surface area (Å²) in [5.41, 5.74) is 1.50. The van der Waals surface area contributed by atoms with Crippen LogP contribution in [0.1, 0.15) is 51.1 Å². The van der Waals surface area contributed by atoms with Crippen LogP contribution >= 0.6 is 0 Å². The van der Waals surface area contributed by atoms with Crippen LogP contribution in [0.4, 0.5) is 0 Å². The maximum atomic E-state index is 5.32. The van der Waals surface area contributed by atoms with Gasteiger partial charge in [-0.05, 0) is 58.3 Å². The van der Waals surface area contributed by atoms with Gasteiger partial charge in [0.25, 0.3) is 0 Å². The summed E-state index contributed by atoms with van der Waals surface area (Å²) in [5, 5.41) is 3.69. The molecule has 0 radical (unpaired) electrons. The van der Waals surface area contributed by atoms with Crippen LogP contribution in [0.5, 0.6) is 0 Å². The summed E-state index contributed by atoms with van der Waals surface area (Å²) in [4.78, 5) is 2.43. The summed E-state index contributed by atoms with van der Waals surface area (Å²) in [6.07, 6.45) is 8.83. The molecule has 108 valence electrons. The van der Waals surface area contributed by atoms with Gasteiger partial charge in [0.05, 0.1) is 18.6 Å². The van der Waals surface area contributed by atoms with Gasteiger partial charge in [0.1, 0.15) is 0 Å². The van der Waals surface area contributed by atoms with E-state index >= 15 is 0 Å². The summed E-state index contributed by atoms with van der Waals surface area (Å²) in [6.45, 7) is 5.54. The fourth-order valence-corrected chi connectivity index (χ4v) is 3.52. The van der Waals surface area contributed by atoms with Gasteiger partial charge in [-0.1, -0.05) is 13.8 Å². The molecule has 0 spiro atoms. The molecule has 1 unspecified atom stereocenters. The van der Waals surface area contributed by atoms with Crippen molar-refractivity contribution in [2.75, 3.05) is 20.6 Å². The molecule has 1 aromatic rings. The van der Waals surface area contributed by atoms with Crippen LogP contribution in [-0.4, -0.2) is 31.1 Å². The van der Waals surface area contributed by atoms with Gasteiger partial charge in [0.15, 0.2) is 0 Å². The van der Waals surface area contributed by atoms with Gasteiger partial charge in [-0.3, -0.25) is 0 Å². The molecular weight excluding hydrogens is 236 g/mol. The van der Waals surface area contributed by atoms with E-state index in [-0.39, 0.29) is 5.54 Å². The molecular formula is C16H28N2O. The van der Waals surface area contributed by atoms with E-state index in [0.29, 0.717) is 6.04 Å².